The number of carbonyl (C=O) groups excluding carboxylic acids is 1. The SMILES string of the molecule is CC(C)CN1Cc2c(C(=O)N3CCOCC3)ncn2-c2ccccc2S1(=O)=O. The van der Waals surface area contributed by atoms with Gasteiger partial charge in [0.2, 0.25) is 10.0 Å². The van der Waals surface area contributed by atoms with Gasteiger partial charge in [0, 0.05) is 19.6 Å². The molecule has 1 saturated heterocycles. The maximum absolute atomic E-state index is 13.3. The van der Waals surface area contributed by atoms with Gasteiger partial charge >= 0.3 is 0 Å². The molecule has 9 heteroatoms. The van der Waals surface area contributed by atoms with Crippen molar-refractivity contribution in [3.05, 3.63) is 42.0 Å². The smallest absolute Gasteiger partial charge is 0.274 e. The van der Waals surface area contributed by atoms with E-state index < -0.39 is 10.0 Å². The summed E-state index contributed by atoms with van der Waals surface area (Å²) in [7, 11) is -3.68. The molecule has 150 valence electrons. The lowest BCUT2D eigenvalue weighted by atomic mass is 10.2. The molecule has 0 saturated carbocycles. The van der Waals surface area contributed by atoms with Gasteiger partial charge in [0.05, 0.1) is 31.1 Å². The van der Waals surface area contributed by atoms with Crippen molar-refractivity contribution in [2.24, 2.45) is 5.92 Å². The van der Waals surface area contributed by atoms with Crippen molar-refractivity contribution in [1.82, 2.24) is 18.8 Å². The summed E-state index contributed by atoms with van der Waals surface area (Å²) in [6, 6.07) is 6.86. The Morgan fingerprint density at radius 1 is 1.21 bits per heavy atom. The zero-order chi connectivity index (χ0) is 19.9. The first-order chi connectivity index (χ1) is 13.4. The lowest BCUT2D eigenvalue weighted by Gasteiger charge is -2.27. The van der Waals surface area contributed by atoms with E-state index in [4.69, 9.17) is 4.74 Å². The molecule has 0 radical (unpaired) electrons. The summed E-state index contributed by atoms with van der Waals surface area (Å²) in [4.78, 5) is 19.4. The highest BCUT2D eigenvalue weighted by molar-refractivity contribution is 7.89. The summed E-state index contributed by atoms with van der Waals surface area (Å²) in [5, 5.41) is 0. The fourth-order valence-electron chi connectivity index (χ4n) is 3.66. The van der Waals surface area contributed by atoms with Crippen LogP contribution in [0.5, 0.6) is 0 Å². The Morgan fingerprint density at radius 3 is 2.64 bits per heavy atom. The lowest BCUT2D eigenvalue weighted by Crippen LogP contribution is -2.41. The van der Waals surface area contributed by atoms with E-state index in [1.165, 1.54) is 4.31 Å². The second-order valence-corrected chi connectivity index (χ2v) is 9.38. The molecule has 0 atom stereocenters. The Kier molecular flexibility index (Phi) is 4.98. The topological polar surface area (TPSA) is 84.7 Å². The molecule has 0 N–H and O–H groups in total. The third-order valence-corrected chi connectivity index (χ3v) is 6.86. The Hall–Kier alpha value is -2.23. The average molecular weight is 404 g/mol. The van der Waals surface area contributed by atoms with Gasteiger partial charge in [-0.1, -0.05) is 26.0 Å². The predicted molar refractivity (Wildman–Crippen MR) is 103 cm³/mol. The van der Waals surface area contributed by atoms with Crippen LogP contribution in [0.25, 0.3) is 5.69 Å². The van der Waals surface area contributed by atoms with Gasteiger partial charge in [-0.15, -0.1) is 0 Å². The van der Waals surface area contributed by atoms with Crippen molar-refractivity contribution in [2.45, 2.75) is 25.3 Å². The number of para-hydroxylation sites is 1. The van der Waals surface area contributed by atoms with Crippen LogP contribution in [0, 0.1) is 5.92 Å². The van der Waals surface area contributed by atoms with Crippen molar-refractivity contribution in [2.75, 3.05) is 32.8 Å². The van der Waals surface area contributed by atoms with Crippen LogP contribution in [-0.2, 0) is 21.3 Å². The molecule has 2 aliphatic heterocycles. The Balaban J connectivity index is 1.84. The van der Waals surface area contributed by atoms with Crippen molar-refractivity contribution in [3.8, 4) is 5.69 Å². The Morgan fingerprint density at radius 2 is 1.93 bits per heavy atom. The summed E-state index contributed by atoms with van der Waals surface area (Å²) < 4.78 is 35.1. The largest absolute Gasteiger partial charge is 0.378 e. The number of imidazole rings is 1. The minimum Gasteiger partial charge on any atom is -0.378 e. The highest BCUT2D eigenvalue weighted by Gasteiger charge is 2.36. The number of rotatable bonds is 3. The summed E-state index contributed by atoms with van der Waals surface area (Å²) in [5.41, 5.74) is 1.44. The summed E-state index contributed by atoms with van der Waals surface area (Å²) in [6.07, 6.45) is 1.55. The number of morpholine rings is 1. The van der Waals surface area contributed by atoms with Gasteiger partial charge in [-0.25, -0.2) is 13.4 Å². The number of aromatic nitrogens is 2. The van der Waals surface area contributed by atoms with E-state index in [-0.39, 0.29) is 23.3 Å². The van der Waals surface area contributed by atoms with Gasteiger partial charge < -0.3 is 9.64 Å². The zero-order valence-electron chi connectivity index (χ0n) is 16.0. The van der Waals surface area contributed by atoms with Crippen LogP contribution in [0.15, 0.2) is 35.5 Å². The first-order valence-corrected chi connectivity index (χ1v) is 10.9. The van der Waals surface area contributed by atoms with Gasteiger partial charge in [-0.05, 0) is 18.1 Å². The number of ether oxygens (including phenoxy) is 1. The maximum atomic E-state index is 13.3. The van der Waals surface area contributed by atoms with Crippen LogP contribution in [0.4, 0.5) is 0 Å². The van der Waals surface area contributed by atoms with Crippen LogP contribution in [0.2, 0.25) is 0 Å². The second-order valence-electron chi connectivity index (χ2n) is 7.47. The van der Waals surface area contributed by atoms with E-state index >= 15 is 0 Å². The molecule has 0 bridgehead atoms. The number of hydrogen-bond donors (Lipinski definition) is 0. The predicted octanol–water partition coefficient (Wildman–Crippen LogP) is 1.50. The molecule has 2 aliphatic rings. The molecule has 1 aromatic carbocycles. The number of amides is 1. The number of fused-ring (bicyclic) bond motifs is 3. The minimum absolute atomic E-state index is 0.112. The van der Waals surface area contributed by atoms with Crippen LogP contribution in [0.1, 0.15) is 30.0 Å². The molecular weight excluding hydrogens is 380 g/mol. The molecule has 1 aromatic heterocycles. The van der Waals surface area contributed by atoms with E-state index in [1.807, 2.05) is 13.8 Å². The molecule has 2 aromatic rings. The van der Waals surface area contributed by atoms with Crippen LogP contribution in [-0.4, -0.2) is 65.9 Å². The molecule has 1 amide bonds. The minimum atomic E-state index is -3.68. The molecule has 28 heavy (non-hydrogen) atoms. The van der Waals surface area contributed by atoms with Crippen LogP contribution in [0.3, 0.4) is 0 Å². The fourth-order valence-corrected chi connectivity index (χ4v) is 5.41. The van der Waals surface area contributed by atoms with Crippen LogP contribution >= 0.6 is 0 Å². The van der Waals surface area contributed by atoms with Crippen molar-refractivity contribution in [3.63, 3.8) is 0 Å². The molecule has 1 fully saturated rings. The van der Waals surface area contributed by atoms with E-state index in [0.29, 0.717) is 49.9 Å². The summed E-state index contributed by atoms with van der Waals surface area (Å²) >= 11 is 0. The highest BCUT2D eigenvalue weighted by Crippen LogP contribution is 2.32. The fraction of sp³-hybridized carbons (Fsp3) is 0.474. The average Bonchev–Trinajstić information content (AvgIpc) is 3.07. The summed E-state index contributed by atoms with van der Waals surface area (Å²) in [5.74, 6) is -0.0341. The molecular formula is C19H24N4O4S. The van der Waals surface area contributed by atoms with Gasteiger partial charge in [-0.2, -0.15) is 4.31 Å². The number of nitrogens with zero attached hydrogens (tertiary/aromatic N) is 4. The standard InChI is InChI=1S/C19H24N4O4S/c1-14(2)11-22-12-16-18(19(24)21-7-9-27-10-8-21)20-13-23(16)15-5-3-4-6-17(15)28(22,25)26/h3-6,13-14H,7-12H2,1-2H3. The molecule has 0 aliphatic carbocycles. The molecule has 8 nitrogen and oxygen atoms in total. The van der Waals surface area contributed by atoms with E-state index in [0.717, 1.165) is 0 Å². The van der Waals surface area contributed by atoms with Crippen molar-refractivity contribution >= 4 is 15.9 Å². The monoisotopic (exact) mass is 404 g/mol. The van der Waals surface area contributed by atoms with Gasteiger partial charge in [0.1, 0.15) is 11.2 Å². The number of benzene rings is 1. The van der Waals surface area contributed by atoms with E-state index in [9.17, 15) is 13.2 Å². The normalized spacial score (nSPS) is 19.2. The zero-order valence-corrected chi connectivity index (χ0v) is 16.9. The highest BCUT2D eigenvalue weighted by atomic mass is 32.2. The van der Waals surface area contributed by atoms with Gasteiger partial charge in [-0.3, -0.25) is 9.36 Å². The number of sulfonamides is 1. The maximum Gasteiger partial charge on any atom is 0.274 e. The Labute approximate surface area is 164 Å². The molecule has 4 rings (SSSR count). The van der Waals surface area contributed by atoms with Crippen LogP contribution < -0.4 is 0 Å². The second kappa shape index (κ2) is 7.31. The van der Waals surface area contributed by atoms with Crippen molar-refractivity contribution in [1.29, 1.82) is 0 Å². The van der Waals surface area contributed by atoms with Crippen molar-refractivity contribution < 1.29 is 17.9 Å². The number of carbonyl (C=O) groups is 1. The molecule has 0 unspecified atom stereocenters. The summed E-state index contributed by atoms with van der Waals surface area (Å²) in [6.45, 7) is 6.45. The van der Waals surface area contributed by atoms with Gasteiger partial charge in [0.25, 0.3) is 5.91 Å². The third kappa shape index (κ3) is 3.23. The van der Waals surface area contributed by atoms with E-state index in [1.54, 1.807) is 40.1 Å². The number of hydrogen-bond acceptors (Lipinski definition) is 5. The molecule has 0 spiro atoms. The third-order valence-electron chi connectivity index (χ3n) is 5.00. The first kappa shape index (κ1) is 19.1. The lowest BCUT2D eigenvalue weighted by molar-refractivity contribution is 0.0298. The first-order valence-electron chi connectivity index (χ1n) is 9.42. The Bertz CT molecular complexity index is 993. The quantitative estimate of drug-likeness (QED) is 0.774. The molecule has 3 heterocycles. The van der Waals surface area contributed by atoms with Gasteiger partial charge in [0.15, 0.2) is 5.69 Å². The van der Waals surface area contributed by atoms with E-state index in [2.05, 4.69) is 4.98 Å².